The molecule has 0 saturated carbocycles. The van der Waals surface area contributed by atoms with Gasteiger partial charge in [0.05, 0.1) is 16.1 Å². The summed E-state index contributed by atoms with van der Waals surface area (Å²) in [6.45, 7) is 2.23. The molecule has 0 fully saturated rings. The lowest BCUT2D eigenvalue weighted by Gasteiger charge is -2.20. The minimum atomic E-state index is 0.224. The Morgan fingerprint density at radius 2 is 1.55 bits per heavy atom. The molecule has 1 aliphatic heterocycles. The second-order valence-electron chi connectivity index (χ2n) is 9.89. The summed E-state index contributed by atoms with van der Waals surface area (Å²) in [6, 6.07) is 29.8. The van der Waals surface area contributed by atoms with Crippen molar-refractivity contribution >= 4 is 40.0 Å². The molecule has 1 aromatic heterocycles. The summed E-state index contributed by atoms with van der Waals surface area (Å²) in [5.74, 6) is 0. The lowest BCUT2D eigenvalue weighted by molar-refractivity contribution is -0.671. The molecular weight excluding hydrogens is 512 g/mol. The third kappa shape index (κ3) is 6.73. The summed E-state index contributed by atoms with van der Waals surface area (Å²) in [5.41, 5.74) is 5.93. The van der Waals surface area contributed by atoms with Crippen LogP contribution in [0.2, 0.25) is 0 Å². The van der Waals surface area contributed by atoms with E-state index in [1.165, 1.54) is 37.6 Å². The van der Waals surface area contributed by atoms with Gasteiger partial charge in [0.15, 0.2) is 6.20 Å². The van der Waals surface area contributed by atoms with Gasteiger partial charge in [-0.1, -0.05) is 84.6 Å². The number of hydrogen-bond acceptors (Lipinski definition) is 4. The fourth-order valence-corrected chi connectivity index (χ4v) is 6.14. The highest BCUT2D eigenvalue weighted by molar-refractivity contribution is 8.03. The predicted octanol–water partition coefficient (Wildman–Crippen LogP) is 7.22. The van der Waals surface area contributed by atoms with Gasteiger partial charge in [-0.3, -0.25) is 0 Å². The molecule has 5 heteroatoms. The van der Waals surface area contributed by atoms with Crippen LogP contribution in [0.3, 0.4) is 0 Å². The van der Waals surface area contributed by atoms with E-state index in [0.29, 0.717) is 0 Å². The molecule has 4 aromatic rings. The largest absolute Gasteiger partial charge is 0.396 e. The number of aliphatic hydroxyl groups is 2. The Balaban J connectivity index is 1.48. The van der Waals surface area contributed by atoms with E-state index >= 15 is 0 Å². The van der Waals surface area contributed by atoms with Crippen LogP contribution in [0.25, 0.3) is 22.6 Å². The Bertz CT molecular complexity index is 1510. The highest BCUT2D eigenvalue weighted by atomic mass is 32.2. The number of aliphatic hydroxyl groups excluding tert-OH is 2. The molecule has 0 bridgehead atoms. The van der Waals surface area contributed by atoms with Crippen LogP contribution in [0.1, 0.15) is 36.8 Å². The number of allylic oxidation sites excluding steroid dienone is 4. The van der Waals surface area contributed by atoms with E-state index < -0.39 is 0 Å². The number of anilines is 1. The second kappa shape index (κ2) is 14.1. The van der Waals surface area contributed by atoms with Gasteiger partial charge in [-0.25, -0.2) is 0 Å². The van der Waals surface area contributed by atoms with E-state index in [1.807, 2.05) is 0 Å². The van der Waals surface area contributed by atoms with Crippen molar-refractivity contribution in [3.63, 3.8) is 0 Å². The maximum Gasteiger partial charge on any atom is 0.213 e. The molecule has 0 unspecified atom stereocenters. The van der Waals surface area contributed by atoms with Crippen molar-refractivity contribution in [2.24, 2.45) is 0 Å². The average Bonchev–Trinajstić information content (AvgIpc) is 3.36. The third-order valence-corrected chi connectivity index (χ3v) is 8.28. The Hall–Kier alpha value is -3.64. The van der Waals surface area contributed by atoms with E-state index in [-0.39, 0.29) is 13.2 Å². The first-order valence-corrected chi connectivity index (χ1v) is 14.9. The molecule has 0 radical (unpaired) electrons. The number of para-hydroxylation sites is 2. The number of aryl methyl sites for hydroxylation is 1. The highest BCUT2D eigenvalue weighted by Gasteiger charge is 2.23. The van der Waals surface area contributed by atoms with Crippen molar-refractivity contribution in [1.29, 1.82) is 0 Å². The summed E-state index contributed by atoms with van der Waals surface area (Å²) >= 11 is 1.80. The molecular formula is C35H37N2O2S+. The lowest BCUT2D eigenvalue weighted by atomic mass is 10.0. The van der Waals surface area contributed by atoms with Crippen LogP contribution in [0.4, 0.5) is 5.69 Å². The maximum atomic E-state index is 9.32. The van der Waals surface area contributed by atoms with Gasteiger partial charge >= 0.3 is 0 Å². The van der Waals surface area contributed by atoms with E-state index in [0.717, 1.165) is 44.3 Å². The zero-order chi connectivity index (χ0) is 27.6. The molecule has 0 amide bonds. The van der Waals surface area contributed by atoms with Crippen molar-refractivity contribution in [2.45, 2.75) is 37.1 Å². The van der Waals surface area contributed by atoms with Crippen molar-refractivity contribution in [1.82, 2.24) is 0 Å². The highest BCUT2D eigenvalue weighted by Crippen LogP contribution is 2.46. The van der Waals surface area contributed by atoms with Crippen LogP contribution >= 0.6 is 11.8 Å². The summed E-state index contributed by atoms with van der Waals surface area (Å²) in [6.07, 6.45) is 14.6. The van der Waals surface area contributed by atoms with Crippen molar-refractivity contribution in [3.8, 4) is 0 Å². The number of thioether (sulfide) groups is 1. The minimum absolute atomic E-state index is 0.224. The van der Waals surface area contributed by atoms with Gasteiger partial charge in [0.2, 0.25) is 5.52 Å². The molecule has 0 atom stereocenters. The first-order chi connectivity index (χ1) is 19.8. The van der Waals surface area contributed by atoms with Gasteiger partial charge in [-0.2, -0.15) is 4.57 Å². The molecule has 40 heavy (non-hydrogen) atoms. The number of pyridine rings is 1. The lowest BCUT2D eigenvalue weighted by Crippen LogP contribution is -2.34. The zero-order valence-electron chi connectivity index (χ0n) is 22.8. The quantitative estimate of drug-likeness (QED) is 0.111. The van der Waals surface area contributed by atoms with E-state index in [4.69, 9.17) is 0 Å². The number of fused-ring (bicyclic) bond motifs is 2. The number of unbranched alkanes of at least 4 members (excludes halogenated alkanes) is 2. The molecule has 204 valence electrons. The van der Waals surface area contributed by atoms with Gasteiger partial charge < -0.3 is 15.1 Å². The molecule has 2 N–H and O–H groups in total. The number of nitrogens with zero attached hydrogens (tertiary/aromatic N) is 2. The van der Waals surface area contributed by atoms with Gasteiger partial charge in [-0.05, 0) is 60.2 Å². The molecule has 0 saturated heterocycles. The van der Waals surface area contributed by atoms with Crippen LogP contribution in [0, 0.1) is 0 Å². The Morgan fingerprint density at radius 1 is 0.800 bits per heavy atom. The van der Waals surface area contributed by atoms with Gasteiger partial charge in [-0.15, -0.1) is 0 Å². The number of hydrogen-bond donors (Lipinski definition) is 2. The van der Waals surface area contributed by atoms with Crippen LogP contribution in [0.5, 0.6) is 0 Å². The Kier molecular flexibility index (Phi) is 9.86. The van der Waals surface area contributed by atoms with Gasteiger partial charge in [0, 0.05) is 43.2 Å². The molecule has 3 aromatic carbocycles. The fraction of sp³-hybridized carbons (Fsp3) is 0.229. The van der Waals surface area contributed by atoms with E-state index in [9.17, 15) is 10.2 Å². The van der Waals surface area contributed by atoms with Crippen molar-refractivity contribution in [3.05, 3.63) is 126 Å². The maximum absolute atomic E-state index is 9.32. The summed E-state index contributed by atoms with van der Waals surface area (Å²) < 4.78 is 2.28. The number of benzene rings is 3. The van der Waals surface area contributed by atoms with Crippen LogP contribution < -0.4 is 9.47 Å². The van der Waals surface area contributed by atoms with Crippen molar-refractivity contribution < 1.29 is 14.8 Å². The predicted molar refractivity (Wildman–Crippen MR) is 168 cm³/mol. The van der Waals surface area contributed by atoms with Gasteiger partial charge in [0.1, 0.15) is 6.54 Å². The van der Waals surface area contributed by atoms with Crippen LogP contribution in [0.15, 0.2) is 119 Å². The van der Waals surface area contributed by atoms with Crippen LogP contribution in [-0.4, -0.2) is 30.0 Å². The summed E-state index contributed by atoms with van der Waals surface area (Å²) in [5, 5.41) is 20.9. The van der Waals surface area contributed by atoms with E-state index in [1.54, 1.807) is 11.8 Å². The summed E-state index contributed by atoms with van der Waals surface area (Å²) in [4.78, 5) is 3.64. The standard InChI is InChI=1S/C35H37N2O2S/c38-26-10-8-23-36-25-22-30(31-14-4-5-15-32(31)36)19-18-29(28-12-2-1-3-13-28)20-21-35-37(24-9-11-27-39)33-16-6-7-17-34(33)40-35/h1-7,12-22,25,38-39H,8-11,23-24,26-27H2/q+1. The molecule has 0 aliphatic carbocycles. The molecule has 4 nitrogen and oxygen atoms in total. The summed E-state index contributed by atoms with van der Waals surface area (Å²) in [7, 11) is 0. The first kappa shape index (κ1) is 27.9. The normalized spacial score (nSPS) is 14.5. The second-order valence-corrected chi connectivity index (χ2v) is 11.0. The van der Waals surface area contributed by atoms with Crippen molar-refractivity contribution in [2.75, 3.05) is 24.7 Å². The average molecular weight is 550 g/mol. The molecule has 1 aliphatic rings. The Morgan fingerprint density at radius 3 is 2.40 bits per heavy atom. The molecule has 5 rings (SSSR count). The topological polar surface area (TPSA) is 47.6 Å². The van der Waals surface area contributed by atoms with Crippen LogP contribution in [-0.2, 0) is 6.54 Å². The number of rotatable bonds is 12. The zero-order valence-corrected chi connectivity index (χ0v) is 23.6. The smallest absolute Gasteiger partial charge is 0.213 e. The first-order valence-electron chi connectivity index (χ1n) is 14.1. The fourth-order valence-electron chi connectivity index (χ4n) is 5.05. The van der Waals surface area contributed by atoms with Gasteiger partial charge in [0.25, 0.3) is 0 Å². The molecule has 0 spiro atoms. The monoisotopic (exact) mass is 549 g/mol. The third-order valence-electron chi connectivity index (χ3n) is 7.15. The minimum Gasteiger partial charge on any atom is -0.396 e. The SMILES string of the molecule is OCCCCN1C(=CC=C(C=Cc2cc[n+](CCCCO)c3ccccc23)c2ccccc2)Sc2ccccc21. The Labute approximate surface area is 241 Å². The number of aromatic nitrogens is 1. The molecule has 2 heterocycles. The van der Waals surface area contributed by atoms with E-state index in [2.05, 4.69) is 125 Å².